The van der Waals surface area contributed by atoms with E-state index in [1.54, 1.807) is 26.2 Å². The molecule has 2 aromatic rings. The summed E-state index contributed by atoms with van der Waals surface area (Å²) in [5.41, 5.74) is -3.39. The van der Waals surface area contributed by atoms with E-state index in [0.717, 1.165) is 22.8 Å². The number of alkyl halides is 3. The van der Waals surface area contributed by atoms with Crippen molar-refractivity contribution in [1.82, 2.24) is 14.3 Å². The van der Waals surface area contributed by atoms with E-state index in [9.17, 15) is 22.8 Å². The number of aromatic nitrogens is 3. The normalized spacial score (nSPS) is 12.3. The van der Waals surface area contributed by atoms with E-state index >= 15 is 0 Å². The van der Waals surface area contributed by atoms with Gasteiger partial charge in [0.2, 0.25) is 0 Å². The Kier molecular flexibility index (Phi) is 4.79. The van der Waals surface area contributed by atoms with E-state index < -0.39 is 28.9 Å². The van der Waals surface area contributed by atoms with Crippen LogP contribution in [-0.2, 0) is 23.6 Å². The number of nitrogens with zero attached hydrogens (tertiary/aromatic N) is 3. The second kappa shape index (κ2) is 6.22. The quantitative estimate of drug-likeness (QED) is 0.726. The van der Waals surface area contributed by atoms with Gasteiger partial charge in [-0.05, 0) is 48.6 Å². The summed E-state index contributed by atoms with van der Waals surface area (Å²) >= 11 is 2.03. The molecule has 0 aliphatic heterocycles. The first kappa shape index (κ1) is 18.5. The smallest absolute Gasteiger partial charge is 0.319 e. The maximum absolute atomic E-state index is 12.8. The molecule has 130 valence electrons. The molecule has 2 aromatic heterocycles. The molecule has 24 heavy (non-hydrogen) atoms. The van der Waals surface area contributed by atoms with Gasteiger partial charge in [-0.25, -0.2) is 0 Å². The number of carbonyl (C=O) groups excluding carboxylic acids is 1. The lowest BCUT2D eigenvalue weighted by Gasteiger charge is -2.24. The molecule has 1 amide bonds. The van der Waals surface area contributed by atoms with Crippen LogP contribution in [0.1, 0.15) is 19.5 Å². The van der Waals surface area contributed by atoms with Gasteiger partial charge in [0, 0.05) is 13.2 Å². The first-order valence-corrected chi connectivity index (χ1v) is 7.82. The summed E-state index contributed by atoms with van der Waals surface area (Å²) in [6, 6.07) is 1.70. The van der Waals surface area contributed by atoms with Crippen LogP contribution in [0.25, 0.3) is 0 Å². The first-order valence-electron chi connectivity index (χ1n) is 6.74. The topological polar surface area (TPSA) is 68.9 Å². The van der Waals surface area contributed by atoms with E-state index in [0.29, 0.717) is 4.57 Å². The average molecular weight is 454 g/mol. The lowest BCUT2D eigenvalue weighted by Crippen LogP contribution is -2.42. The molecule has 0 unspecified atom stereocenters. The molecule has 2 heterocycles. The van der Waals surface area contributed by atoms with Gasteiger partial charge in [0.25, 0.3) is 11.5 Å². The molecule has 0 saturated heterocycles. The summed E-state index contributed by atoms with van der Waals surface area (Å²) in [7, 11) is 1.00. The predicted molar refractivity (Wildman–Crippen MR) is 89.6 cm³/mol. The van der Waals surface area contributed by atoms with Crippen LogP contribution in [0, 0.1) is 3.57 Å². The lowest BCUT2D eigenvalue weighted by atomic mass is 10.1. The highest BCUT2D eigenvalue weighted by molar-refractivity contribution is 14.1. The van der Waals surface area contributed by atoms with Gasteiger partial charge in [-0.1, -0.05) is 0 Å². The van der Waals surface area contributed by atoms with Crippen molar-refractivity contribution in [2.45, 2.75) is 25.6 Å². The number of hydrogen-bond donors (Lipinski definition) is 1. The summed E-state index contributed by atoms with van der Waals surface area (Å²) in [4.78, 5) is 24.5. The standard InChI is InChI=1S/C14H14F3IN4O2/c1-13(2,22-7-8(18)6-19-22)12(24)20-9-4-5-10(14(15,16)17)21(3)11(9)23/h4-7H,1-3H3,(H,20,24). The van der Waals surface area contributed by atoms with Crippen molar-refractivity contribution in [3.63, 3.8) is 0 Å². The first-order chi connectivity index (χ1) is 10.9. The Morgan fingerprint density at radius 1 is 1.29 bits per heavy atom. The lowest BCUT2D eigenvalue weighted by molar-refractivity contribution is -0.143. The minimum Gasteiger partial charge on any atom is -0.319 e. The summed E-state index contributed by atoms with van der Waals surface area (Å²) < 4.78 is 41.0. The third-order valence-electron chi connectivity index (χ3n) is 3.52. The number of rotatable bonds is 3. The maximum atomic E-state index is 12.8. The number of pyridine rings is 1. The Morgan fingerprint density at radius 3 is 2.42 bits per heavy atom. The molecule has 10 heteroatoms. The van der Waals surface area contributed by atoms with Crippen LogP contribution in [0.3, 0.4) is 0 Å². The minimum atomic E-state index is -4.65. The number of hydrogen-bond acceptors (Lipinski definition) is 3. The van der Waals surface area contributed by atoms with Gasteiger partial charge in [-0.15, -0.1) is 0 Å². The Balaban J connectivity index is 2.33. The zero-order valence-electron chi connectivity index (χ0n) is 13.0. The Bertz CT molecular complexity index is 839. The molecule has 0 aliphatic rings. The van der Waals surface area contributed by atoms with E-state index in [1.807, 2.05) is 22.6 Å². The number of halogens is 4. The van der Waals surface area contributed by atoms with Crippen molar-refractivity contribution in [2.75, 3.05) is 5.32 Å². The molecule has 1 N–H and O–H groups in total. The summed E-state index contributed by atoms with van der Waals surface area (Å²) in [6.07, 6.45) is -1.45. The molecule has 0 aromatic carbocycles. The molecular formula is C14H14F3IN4O2. The van der Waals surface area contributed by atoms with Gasteiger partial charge in [-0.2, -0.15) is 18.3 Å². The second-order valence-electron chi connectivity index (χ2n) is 5.61. The van der Waals surface area contributed by atoms with Crippen molar-refractivity contribution in [1.29, 1.82) is 0 Å². The van der Waals surface area contributed by atoms with Crippen LogP contribution < -0.4 is 10.9 Å². The molecule has 0 atom stereocenters. The molecule has 0 fully saturated rings. The Hall–Kier alpha value is -1.85. The predicted octanol–water partition coefficient (Wildman–Crippen LogP) is 2.58. The van der Waals surface area contributed by atoms with Crippen LogP contribution >= 0.6 is 22.6 Å². The SMILES string of the molecule is Cn1c(C(F)(F)F)ccc(NC(=O)C(C)(C)n2cc(I)cn2)c1=O. The fourth-order valence-electron chi connectivity index (χ4n) is 2.00. The van der Waals surface area contributed by atoms with Crippen LogP contribution in [0.2, 0.25) is 0 Å². The van der Waals surface area contributed by atoms with Gasteiger partial charge < -0.3 is 9.88 Å². The Morgan fingerprint density at radius 2 is 1.92 bits per heavy atom. The number of carbonyl (C=O) groups is 1. The van der Waals surface area contributed by atoms with Crippen molar-refractivity contribution >= 4 is 34.2 Å². The molecule has 0 saturated carbocycles. The zero-order chi connectivity index (χ0) is 18.3. The van der Waals surface area contributed by atoms with E-state index in [4.69, 9.17) is 0 Å². The molecule has 6 nitrogen and oxygen atoms in total. The second-order valence-corrected chi connectivity index (χ2v) is 6.86. The number of anilines is 1. The highest BCUT2D eigenvalue weighted by Gasteiger charge is 2.35. The van der Waals surface area contributed by atoms with Gasteiger partial charge in [0.1, 0.15) is 16.9 Å². The summed E-state index contributed by atoms with van der Waals surface area (Å²) in [5, 5.41) is 6.43. The fourth-order valence-corrected chi connectivity index (χ4v) is 2.39. The van der Waals surface area contributed by atoms with Gasteiger partial charge in [0.05, 0.1) is 9.77 Å². The third-order valence-corrected chi connectivity index (χ3v) is 4.08. The van der Waals surface area contributed by atoms with Crippen molar-refractivity contribution in [2.24, 2.45) is 7.05 Å². The maximum Gasteiger partial charge on any atom is 0.431 e. The number of nitrogens with one attached hydrogen (secondary N) is 1. The van der Waals surface area contributed by atoms with Crippen molar-refractivity contribution in [3.05, 3.63) is 44.1 Å². The molecule has 0 bridgehead atoms. The molecule has 0 aliphatic carbocycles. The van der Waals surface area contributed by atoms with Crippen LogP contribution in [-0.4, -0.2) is 20.3 Å². The summed E-state index contributed by atoms with van der Waals surface area (Å²) in [5.74, 6) is -0.571. The fraction of sp³-hybridized carbons (Fsp3) is 0.357. The van der Waals surface area contributed by atoms with Crippen molar-refractivity contribution in [3.8, 4) is 0 Å². The molecular weight excluding hydrogens is 440 g/mol. The summed E-state index contributed by atoms with van der Waals surface area (Å²) in [6.45, 7) is 3.17. The average Bonchev–Trinajstić information content (AvgIpc) is 2.89. The molecule has 2 rings (SSSR count). The van der Waals surface area contributed by atoms with Crippen molar-refractivity contribution < 1.29 is 18.0 Å². The van der Waals surface area contributed by atoms with E-state index in [2.05, 4.69) is 10.4 Å². The van der Waals surface area contributed by atoms with Gasteiger partial charge in [0.15, 0.2) is 0 Å². The highest BCUT2D eigenvalue weighted by atomic mass is 127. The van der Waals surface area contributed by atoms with E-state index in [-0.39, 0.29) is 5.69 Å². The highest BCUT2D eigenvalue weighted by Crippen LogP contribution is 2.28. The van der Waals surface area contributed by atoms with Crippen LogP contribution in [0.4, 0.5) is 18.9 Å². The van der Waals surface area contributed by atoms with Gasteiger partial charge in [-0.3, -0.25) is 14.3 Å². The Labute approximate surface area is 148 Å². The van der Waals surface area contributed by atoms with Crippen LogP contribution in [0.15, 0.2) is 29.3 Å². The van der Waals surface area contributed by atoms with E-state index in [1.165, 1.54) is 4.68 Å². The molecule has 0 spiro atoms. The minimum absolute atomic E-state index is 0.231. The zero-order valence-corrected chi connectivity index (χ0v) is 15.1. The molecule has 0 radical (unpaired) electrons. The largest absolute Gasteiger partial charge is 0.431 e. The van der Waals surface area contributed by atoms with Crippen LogP contribution in [0.5, 0.6) is 0 Å². The third kappa shape index (κ3) is 3.47. The van der Waals surface area contributed by atoms with Gasteiger partial charge >= 0.3 is 6.18 Å². The number of amides is 1. The monoisotopic (exact) mass is 454 g/mol.